The molecule has 2 heterocycles. The van der Waals surface area contributed by atoms with Crippen molar-refractivity contribution < 1.29 is 0 Å². The van der Waals surface area contributed by atoms with E-state index >= 15 is 0 Å². The summed E-state index contributed by atoms with van der Waals surface area (Å²) in [5.41, 5.74) is 4.10. The van der Waals surface area contributed by atoms with Gasteiger partial charge in [0.15, 0.2) is 0 Å². The van der Waals surface area contributed by atoms with E-state index < -0.39 is 0 Å². The number of hydrogen-bond acceptors (Lipinski definition) is 3. The highest BCUT2D eigenvalue weighted by molar-refractivity contribution is 5.67. The summed E-state index contributed by atoms with van der Waals surface area (Å²) in [6, 6.07) is 18.0. The van der Waals surface area contributed by atoms with Crippen LogP contribution in [0.25, 0.3) is 11.3 Å². The third-order valence-electron chi connectivity index (χ3n) is 2.80. The first-order valence-corrected chi connectivity index (χ1v) is 6.10. The van der Waals surface area contributed by atoms with Gasteiger partial charge < -0.3 is 5.32 Å². The van der Waals surface area contributed by atoms with Gasteiger partial charge in [0.1, 0.15) is 0 Å². The highest BCUT2D eigenvalue weighted by atomic mass is 14.9. The van der Waals surface area contributed by atoms with Crippen molar-refractivity contribution in [3.63, 3.8) is 0 Å². The summed E-state index contributed by atoms with van der Waals surface area (Å²) in [6.45, 7) is 0. The molecule has 0 atom stereocenters. The number of hydrogen-bond donors (Lipinski definition) is 1. The largest absolute Gasteiger partial charge is 0.355 e. The molecular weight excluding hydrogens is 234 g/mol. The van der Waals surface area contributed by atoms with Crippen molar-refractivity contribution in [3.8, 4) is 11.3 Å². The Bertz CT molecular complexity index is 651. The quantitative estimate of drug-likeness (QED) is 0.763. The molecule has 0 unspecified atom stereocenters. The van der Waals surface area contributed by atoms with Crippen LogP contribution in [0, 0.1) is 0 Å². The molecule has 3 heteroatoms. The van der Waals surface area contributed by atoms with E-state index in [-0.39, 0.29) is 0 Å². The molecule has 0 fully saturated rings. The molecule has 3 nitrogen and oxygen atoms in total. The number of pyridine rings is 2. The van der Waals surface area contributed by atoms with Crippen LogP contribution in [0.1, 0.15) is 0 Å². The van der Waals surface area contributed by atoms with Crippen molar-refractivity contribution in [3.05, 3.63) is 73.2 Å². The van der Waals surface area contributed by atoms with Gasteiger partial charge in [0.2, 0.25) is 0 Å². The van der Waals surface area contributed by atoms with Gasteiger partial charge >= 0.3 is 0 Å². The molecule has 0 aliphatic carbocycles. The molecule has 0 aliphatic rings. The van der Waals surface area contributed by atoms with Crippen molar-refractivity contribution in [1.29, 1.82) is 0 Å². The Hall–Kier alpha value is -2.68. The second-order valence-corrected chi connectivity index (χ2v) is 4.16. The van der Waals surface area contributed by atoms with Gasteiger partial charge in [-0.25, -0.2) is 0 Å². The lowest BCUT2D eigenvalue weighted by atomic mass is 10.1. The van der Waals surface area contributed by atoms with Crippen molar-refractivity contribution >= 4 is 11.4 Å². The fraction of sp³-hybridized carbons (Fsp3) is 0. The summed E-state index contributed by atoms with van der Waals surface area (Å²) < 4.78 is 0. The Morgan fingerprint density at radius 1 is 0.737 bits per heavy atom. The predicted octanol–water partition coefficient (Wildman–Crippen LogP) is 3.89. The van der Waals surface area contributed by atoms with Gasteiger partial charge in [0.25, 0.3) is 0 Å². The summed E-state index contributed by atoms with van der Waals surface area (Å²) in [4.78, 5) is 8.40. The minimum atomic E-state index is 0.958. The van der Waals surface area contributed by atoms with Gasteiger partial charge in [0, 0.05) is 35.5 Å². The SMILES string of the molecule is c1ccc(-c2cc(Nc3ccncc3)ccn2)cc1. The van der Waals surface area contributed by atoms with Crippen LogP contribution in [0.5, 0.6) is 0 Å². The summed E-state index contributed by atoms with van der Waals surface area (Å²) in [6.07, 6.45) is 5.34. The lowest BCUT2D eigenvalue weighted by Gasteiger charge is -2.07. The standard InChI is InChI=1S/C16H13N3/c1-2-4-13(5-3-1)16-12-15(8-11-18-16)19-14-6-9-17-10-7-14/h1-12H,(H,17,18,19). The van der Waals surface area contributed by atoms with Crippen LogP contribution < -0.4 is 5.32 Å². The van der Waals surface area contributed by atoms with E-state index in [1.165, 1.54) is 0 Å². The third-order valence-corrected chi connectivity index (χ3v) is 2.80. The van der Waals surface area contributed by atoms with Crippen LogP contribution in [-0.4, -0.2) is 9.97 Å². The molecule has 0 saturated heterocycles. The van der Waals surface area contributed by atoms with Crippen LogP contribution in [0.4, 0.5) is 11.4 Å². The van der Waals surface area contributed by atoms with Crippen molar-refractivity contribution in [2.24, 2.45) is 0 Å². The fourth-order valence-electron chi connectivity index (χ4n) is 1.88. The predicted molar refractivity (Wildman–Crippen MR) is 77.2 cm³/mol. The van der Waals surface area contributed by atoms with E-state index in [4.69, 9.17) is 0 Å². The lowest BCUT2D eigenvalue weighted by Crippen LogP contribution is -1.92. The number of nitrogens with zero attached hydrogens (tertiary/aromatic N) is 2. The van der Waals surface area contributed by atoms with Crippen LogP contribution in [-0.2, 0) is 0 Å². The average molecular weight is 247 g/mol. The Labute approximate surface area is 112 Å². The maximum absolute atomic E-state index is 4.40. The Kier molecular flexibility index (Phi) is 3.19. The van der Waals surface area contributed by atoms with E-state index in [0.717, 1.165) is 22.6 Å². The van der Waals surface area contributed by atoms with E-state index in [9.17, 15) is 0 Å². The maximum atomic E-state index is 4.40. The topological polar surface area (TPSA) is 37.8 Å². The molecular formula is C16H13N3. The monoisotopic (exact) mass is 247 g/mol. The first-order chi connectivity index (χ1) is 9.42. The van der Waals surface area contributed by atoms with Gasteiger partial charge in [0.05, 0.1) is 5.69 Å². The smallest absolute Gasteiger partial charge is 0.0722 e. The van der Waals surface area contributed by atoms with Gasteiger partial charge in [-0.1, -0.05) is 30.3 Å². The molecule has 2 aromatic heterocycles. The van der Waals surface area contributed by atoms with Gasteiger partial charge in [-0.2, -0.15) is 0 Å². The molecule has 0 amide bonds. The zero-order valence-corrected chi connectivity index (χ0v) is 10.3. The molecule has 0 saturated carbocycles. The first kappa shape index (κ1) is 11.4. The van der Waals surface area contributed by atoms with E-state index in [1.54, 1.807) is 12.4 Å². The number of anilines is 2. The molecule has 19 heavy (non-hydrogen) atoms. The lowest BCUT2D eigenvalue weighted by molar-refractivity contribution is 1.31. The molecule has 1 aromatic carbocycles. The minimum Gasteiger partial charge on any atom is -0.355 e. The molecule has 0 radical (unpaired) electrons. The van der Waals surface area contributed by atoms with E-state index in [0.29, 0.717) is 0 Å². The fourth-order valence-corrected chi connectivity index (χ4v) is 1.88. The van der Waals surface area contributed by atoms with Gasteiger partial charge in [-0.05, 0) is 24.3 Å². The summed E-state index contributed by atoms with van der Waals surface area (Å²) in [7, 11) is 0. The number of aromatic nitrogens is 2. The molecule has 1 N–H and O–H groups in total. The molecule has 92 valence electrons. The van der Waals surface area contributed by atoms with E-state index in [1.807, 2.05) is 48.7 Å². The minimum absolute atomic E-state index is 0.958. The number of nitrogens with one attached hydrogen (secondary N) is 1. The van der Waals surface area contributed by atoms with Gasteiger partial charge in [-0.15, -0.1) is 0 Å². The van der Waals surface area contributed by atoms with Crippen LogP contribution in [0.2, 0.25) is 0 Å². The third kappa shape index (κ3) is 2.77. The Morgan fingerprint density at radius 3 is 2.26 bits per heavy atom. The molecule has 3 rings (SSSR count). The Balaban J connectivity index is 1.89. The highest BCUT2D eigenvalue weighted by Crippen LogP contribution is 2.21. The molecule has 3 aromatic rings. The van der Waals surface area contributed by atoms with Crippen molar-refractivity contribution in [2.45, 2.75) is 0 Å². The molecule has 0 spiro atoms. The highest BCUT2D eigenvalue weighted by Gasteiger charge is 2.00. The second kappa shape index (κ2) is 5.31. The molecule has 0 bridgehead atoms. The number of rotatable bonds is 3. The zero-order chi connectivity index (χ0) is 12.9. The summed E-state index contributed by atoms with van der Waals surface area (Å²) in [5, 5.41) is 3.33. The summed E-state index contributed by atoms with van der Waals surface area (Å²) in [5.74, 6) is 0. The number of benzene rings is 1. The normalized spacial score (nSPS) is 10.1. The Morgan fingerprint density at radius 2 is 1.47 bits per heavy atom. The van der Waals surface area contributed by atoms with Crippen LogP contribution >= 0.6 is 0 Å². The maximum Gasteiger partial charge on any atom is 0.0722 e. The average Bonchev–Trinajstić information content (AvgIpc) is 2.49. The zero-order valence-electron chi connectivity index (χ0n) is 10.3. The van der Waals surface area contributed by atoms with Crippen molar-refractivity contribution in [1.82, 2.24) is 9.97 Å². The van der Waals surface area contributed by atoms with Crippen LogP contribution in [0.3, 0.4) is 0 Å². The molecule has 0 aliphatic heterocycles. The van der Waals surface area contributed by atoms with Crippen LogP contribution in [0.15, 0.2) is 73.2 Å². The second-order valence-electron chi connectivity index (χ2n) is 4.16. The first-order valence-electron chi connectivity index (χ1n) is 6.10. The summed E-state index contributed by atoms with van der Waals surface area (Å²) >= 11 is 0. The van der Waals surface area contributed by atoms with Gasteiger partial charge in [-0.3, -0.25) is 9.97 Å². The van der Waals surface area contributed by atoms with Crippen molar-refractivity contribution in [2.75, 3.05) is 5.32 Å². The van der Waals surface area contributed by atoms with E-state index in [2.05, 4.69) is 27.4 Å².